The molecular formula is C14H18ClNO3. The van der Waals surface area contributed by atoms with Crippen molar-refractivity contribution in [2.75, 3.05) is 18.5 Å². The van der Waals surface area contributed by atoms with Crippen LogP contribution in [0.1, 0.15) is 36.0 Å². The molecule has 3 N–H and O–H groups in total. The van der Waals surface area contributed by atoms with Crippen LogP contribution in [0.5, 0.6) is 0 Å². The second kappa shape index (κ2) is 5.80. The first-order chi connectivity index (χ1) is 9.06. The molecule has 0 spiro atoms. The fourth-order valence-electron chi connectivity index (χ4n) is 2.60. The van der Waals surface area contributed by atoms with Crippen LogP contribution in [0.2, 0.25) is 5.02 Å². The SMILES string of the molecule is O=C(O)c1ccc(NCC2(CO)CCCC2)cc1Cl. The van der Waals surface area contributed by atoms with Crippen molar-refractivity contribution in [2.45, 2.75) is 25.7 Å². The number of nitrogens with one attached hydrogen (secondary N) is 1. The van der Waals surface area contributed by atoms with Crippen LogP contribution in [0.25, 0.3) is 0 Å². The second-order valence-corrected chi connectivity index (χ2v) is 5.63. The van der Waals surface area contributed by atoms with Crippen molar-refractivity contribution >= 4 is 23.3 Å². The van der Waals surface area contributed by atoms with Crippen LogP contribution >= 0.6 is 11.6 Å². The summed E-state index contributed by atoms with van der Waals surface area (Å²) in [4.78, 5) is 10.9. The van der Waals surface area contributed by atoms with Gasteiger partial charge in [-0.2, -0.15) is 0 Å². The molecule has 0 aromatic heterocycles. The van der Waals surface area contributed by atoms with Crippen LogP contribution in [0.15, 0.2) is 18.2 Å². The zero-order chi connectivity index (χ0) is 13.9. The van der Waals surface area contributed by atoms with Gasteiger partial charge in [-0.3, -0.25) is 0 Å². The molecule has 2 rings (SSSR count). The lowest BCUT2D eigenvalue weighted by Gasteiger charge is -2.27. The van der Waals surface area contributed by atoms with Gasteiger partial charge in [-0.05, 0) is 31.0 Å². The van der Waals surface area contributed by atoms with Crippen molar-refractivity contribution in [2.24, 2.45) is 5.41 Å². The van der Waals surface area contributed by atoms with E-state index in [1.54, 1.807) is 12.1 Å². The van der Waals surface area contributed by atoms with Crippen molar-refractivity contribution in [3.63, 3.8) is 0 Å². The van der Waals surface area contributed by atoms with Gasteiger partial charge in [0, 0.05) is 17.6 Å². The average molecular weight is 284 g/mol. The summed E-state index contributed by atoms with van der Waals surface area (Å²) in [6, 6.07) is 4.81. The van der Waals surface area contributed by atoms with Gasteiger partial charge in [0.25, 0.3) is 0 Å². The molecular weight excluding hydrogens is 266 g/mol. The smallest absolute Gasteiger partial charge is 0.337 e. The van der Waals surface area contributed by atoms with E-state index in [2.05, 4.69) is 5.32 Å². The minimum Gasteiger partial charge on any atom is -0.478 e. The van der Waals surface area contributed by atoms with E-state index in [1.807, 2.05) is 0 Å². The molecule has 0 heterocycles. The standard InChI is InChI=1S/C14H18ClNO3/c15-12-7-10(3-4-11(12)13(18)19)16-8-14(9-17)5-1-2-6-14/h3-4,7,16-17H,1-2,5-6,8-9H2,(H,18,19). The van der Waals surface area contributed by atoms with Gasteiger partial charge >= 0.3 is 5.97 Å². The highest BCUT2D eigenvalue weighted by Crippen LogP contribution is 2.37. The summed E-state index contributed by atoms with van der Waals surface area (Å²) in [6.07, 6.45) is 4.36. The molecule has 0 unspecified atom stereocenters. The highest BCUT2D eigenvalue weighted by molar-refractivity contribution is 6.33. The molecule has 1 aromatic rings. The van der Waals surface area contributed by atoms with E-state index in [-0.39, 0.29) is 22.6 Å². The lowest BCUT2D eigenvalue weighted by molar-refractivity contribution is 0.0697. The van der Waals surface area contributed by atoms with Crippen molar-refractivity contribution in [1.82, 2.24) is 0 Å². The maximum Gasteiger partial charge on any atom is 0.337 e. The van der Waals surface area contributed by atoms with Crippen molar-refractivity contribution in [3.05, 3.63) is 28.8 Å². The predicted octanol–water partition coefficient (Wildman–Crippen LogP) is 3.00. The Morgan fingerprint density at radius 1 is 1.37 bits per heavy atom. The lowest BCUT2D eigenvalue weighted by atomic mass is 9.87. The summed E-state index contributed by atoms with van der Waals surface area (Å²) >= 11 is 5.92. The molecule has 0 saturated heterocycles. The minimum atomic E-state index is -1.03. The lowest BCUT2D eigenvalue weighted by Crippen LogP contribution is -2.30. The van der Waals surface area contributed by atoms with Gasteiger partial charge in [0.05, 0.1) is 17.2 Å². The van der Waals surface area contributed by atoms with E-state index >= 15 is 0 Å². The Morgan fingerprint density at radius 3 is 2.58 bits per heavy atom. The Kier molecular flexibility index (Phi) is 4.32. The normalized spacial score (nSPS) is 17.4. The third-order valence-electron chi connectivity index (χ3n) is 3.87. The van der Waals surface area contributed by atoms with Gasteiger partial charge in [0.15, 0.2) is 0 Å². The molecule has 0 aliphatic heterocycles. The minimum absolute atomic E-state index is 0.0437. The molecule has 4 nitrogen and oxygen atoms in total. The number of halogens is 1. The molecule has 0 atom stereocenters. The van der Waals surface area contributed by atoms with Gasteiger partial charge < -0.3 is 15.5 Å². The molecule has 1 fully saturated rings. The summed E-state index contributed by atoms with van der Waals surface area (Å²) in [7, 11) is 0. The fourth-order valence-corrected chi connectivity index (χ4v) is 2.87. The molecule has 1 saturated carbocycles. The molecule has 0 radical (unpaired) electrons. The second-order valence-electron chi connectivity index (χ2n) is 5.22. The summed E-state index contributed by atoms with van der Waals surface area (Å²) in [6.45, 7) is 0.868. The number of benzene rings is 1. The number of carbonyl (C=O) groups is 1. The van der Waals surface area contributed by atoms with Crippen molar-refractivity contribution in [1.29, 1.82) is 0 Å². The van der Waals surface area contributed by atoms with Crippen LogP contribution in [-0.2, 0) is 0 Å². The molecule has 19 heavy (non-hydrogen) atoms. The van der Waals surface area contributed by atoms with E-state index in [0.29, 0.717) is 6.54 Å². The fraction of sp³-hybridized carbons (Fsp3) is 0.500. The zero-order valence-corrected chi connectivity index (χ0v) is 11.4. The number of hydrogen-bond donors (Lipinski definition) is 3. The first kappa shape index (κ1) is 14.2. The van der Waals surface area contributed by atoms with Crippen LogP contribution in [0, 0.1) is 5.41 Å². The first-order valence-electron chi connectivity index (χ1n) is 6.44. The number of aliphatic hydroxyl groups is 1. The quantitative estimate of drug-likeness (QED) is 0.777. The summed E-state index contributed by atoms with van der Waals surface area (Å²) in [5, 5.41) is 21.9. The van der Waals surface area contributed by atoms with E-state index in [1.165, 1.54) is 6.07 Å². The van der Waals surface area contributed by atoms with Gasteiger partial charge in [0.1, 0.15) is 0 Å². The number of aliphatic hydroxyl groups excluding tert-OH is 1. The molecule has 5 heteroatoms. The van der Waals surface area contributed by atoms with Crippen LogP contribution in [-0.4, -0.2) is 29.3 Å². The zero-order valence-electron chi connectivity index (χ0n) is 10.7. The van der Waals surface area contributed by atoms with E-state index < -0.39 is 5.97 Å². The molecule has 1 aromatic carbocycles. The molecule has 104 valence electrons. The molecule has 0 bridgehead atoms. The Balaban J connectivity index is 2.03. The van der Waals surface area contributed by atoms with Crippen molar-refractivity contribution in [3.8, 4) is 0 Å². The topological polar surface area (TPSA) is 69.6 Å². The van der Waals surface area contributed by atoms with Crippen LogP contribution < -0.4 is 5.32 Å². The maximum atomic E-state index is 10.9. The van der Waals surface area contributed by atoms with Crippen LogP contribution in [0.3, 0.4) is 0 Å². The van der Waals surface area contributed by atoms with E-state index in [4.69, 9.17) is 16.7 Å². The first-order valence-corrected chi connectivity index (χ1v) is 6.82. The Morgan fingerprint density at radius 2 is 2.05 bits per heavy atom. The van der Waals surface area contributed by atoms with Gasteiger partial charge in [-0.25, -0.2) is 4.79 Å². The van der Waals surface area contributed by atoms with E-state index in [9.17, 15) is 9.90 Å². The third-order valence-corrected chi connectivity index (χ3v) is 4.18. The van der Waals surface area contributed by atoms with Crippen LogP contribution in [0.4, 0.5) is 5.69 Å². The highest BCUT2D eigenvalue weighted by Gasteiger charge is 2.32. The predicted molar refractivity (Wildman–Crippen MR) is 74.9 cm³/mol. The van der Waals surface area contributed by atoms with E-state index in [0.717, 1.165) is 31.4 Å². The monoisotopic (exact) mass is 283 g/mol. The number of anilines is 1. The summed E-state index contributed by atoms with van der Waals surface area (Å²) in [5.74, 6) is -1.03. The van der Waals surface area contributed by atoms with Crippen molar-refractivity contribution < 1.29 is 15.0 Å². The third kappa shape index (κ3) is 3.19. The Bertz CT molecular complexity index is 470. The number of rotatable bonds is 5. The number of carboxylic acid groups (broad SMARTS) is 1. The highest BCUT2D eigenvalue weighted by atomic mass is 35.5. The maximum absolute atomic E-state index is 10.9. The largest absolute Gasteiger partial charge is 0.478 e. The van der Waals surface area contributed by atoms with Gasteiger partial charge in [-0.1, -0.05) is 24.4 Å². The number of hydrogen-bond acceptors (Lipinski definition) is 3. The Hall–Kier alpha value is -1.26. The average Bonchev–Trinajstić information content (AvgIpc) is 2.85. The van der Waals surface area contributed by atoms with Gasteiger partial charge in [-0.15, -0.1) is 0 Å². The molecule has 1 aliphatic rings. The van der Waals surface area contributed by atoms with Gasteiger partial charge in [0.2, 0.25) is 0 Å². The summed E-state index contributed by atoms with van der Waals surface area (Å²) < 4.78 is 0. The number of aromatic carboxylic acids is 1. The number of carboxylic acids is 1. The summed E-state index contributed by atoms with van der Waals surface area (Å²) in [5.41, 5.74) is 0.845. The Labute approximate surface area is 117 Å². The molecule has 0 amide bonds. The molecule has 1 aliphatic carbocycles.